The van der Waals surface area contributed by atoms with E-state index >= 15 is 0 Å². The molecule has 3 amide bonds. The number of rotatable bonds is 13. The highest BCUT2D eigenvalue weighted by Crippen LogP contribution is 2.27. The second kappa shape index (κ2) is 12.1. The summed E-state index contributed by atoms with van der Waals surface area (Å²) in [7, 11) is 0. The molecule has 5 N–H and O–H groups in total. The van der Waals surface area contributed by atoms with Crippen molar-refractivity contribution < 1.29 is 19.2 Å². The number of aromatic amines is 2. The quantitative estimate of drug-likeness (QED) is 0.270. The second-order valence-electron chi connectivity index (χ2n) is 9.17. The summed E-state index contributed by atoms with van der Waals surface area (Å²) in [5.74, 6) is -2.19. The van der Waals surface area contributed by atoms with E-state index in [4.69, 9.17) is 0 Å². The van der Waals surface area contributed by atoms with Crippen LogP contribution in [-0.2, 0) is 20.8 Å². The van der Waals surface area contributed by atoms with E-state index in [2.05, 4.69) is 25.9 Å². The highest BCUT2D eigenvalue weighted by atomic mass is 16.2. The lowest BCUT2D eigenvalue weighted by Gasteiger charge is -2.24. The lowest BCUT2D eigenvalue weighted by atomic mass is 9.97. The molecule has 10 nitrogen and oxygen atoms in total. The van der Waals surface area contributed by atoms with Crippen LogP contribution in [0, 0.1) is 11.8 Å². The molecule has 10 heteroatoms. The molecule has 1 fully saturated rings. The van der Waals surface area contributed by atoms with E-state index in [9.17, 15) is 24.0 Å². The number of amides is 3. The monoisotopic (exact) mass is 483 g/mol. The van der Waals surface area contributed by atoms with Crippen LogP contribution in [-0.4, -0.2) is 52.1 Å². The first kappa shape index (κ1) is 25.9. The van der Waals surface area contributed by atoms with Crippen LogP contribution in [0.25, 0.3) is 0 Å². The van der Waals surface area contributed by atoms with Crippen molar-refractivity contribution in [2.75, 3.05) is 6.54 Å². The Bertz CT molecular complexity index is 1090. The van der Waals surface area contributed by atoms with Crippen LogP contribution in [0.5, 0.6) is 0 Å². The van der Waals surface area contributed by atoms with Gasteiger partial charge in [-0.05, 0) is 49.3 Å². The Morgan fingerprint density at radius 1 is 1.03 bits per heavy atom. The summed E-state index contributed by atoms with van der Waals surface area (Å²) in [6.07, 6.45) is 6.05. The fraction of sp³-hybridized carbons (Fsp3) is 0.480. The minimum Gasteiger partial charge on any atom is -0.357 e. The van der Waals surface area contributed by atoms with Crippen LogP contribution >= 0.6 is 0 Å². The first-order valence-corrected chi connectivity index (χ1v) is 12.0. The average molecular weight is 484 g/mol. The van der Waals surface area contributed by atoms with Gasteiger partial charge in [-0.3, -0.25) is 24.0 Å². The predicted molar refractivity (Wildman–Crippen MR) is 130 cm³/mol. The van der Waals surface area contributed by atoms with Crippen molar-refractivity contribution in [2.24, 2.45) is 11.8 Å². The molecule has 2 heterocycles. The molecule has 2 aromatic rings. The summed E-state index contributed by atoms with van der Waals surface area (Å²) in [5, 5.41) is 7.97. The highest BCUT2D eigenvalue weighted by Gasteiger charge is 2.32. The van der Waals surface area contributed by atoms with E-state index in [0.717, 1.165) is 19.3 Å². The average Bonchev–Trinajstić information content (AvgIpc) is 3.51. The number of carbonyl (C=O) groups is 4. The maximum Gasteiger partial charge on any atom is 0.289 e. The molecule has 2 aromatic heterocycles. The zero-order valence-electron chi connectivity index (χ0n) is 20.1. The highest BCUT2D eigenvalue weighted by molar-refractivity contribution is 6.38. The Morgan fingerprint density at radius 3 is 2.37 bits per heavy atom. The van der Waals surface area contributed by atoms with Gasteiger partial charge in [0, 0.05) is 30.9 Å². The fourth-order valence-corrected chi connectivity index (χ4v) is 3.63. The number of carbonyl (C=O) groups excluding carboxylic acids is 4. The van der Waals surface area contributed by atoms with Crippen molar-refractivity contribution in [3.8, 4) is 0 Å². The molecule has 0 aliphatic heterocycles. The smallest absolute Gasteiger partial charge is 0.289 e. The van der Waals surface area contributed by atoms with Crippen molar-refractivity contribution >= 4 is 23.5 Å². The third-order valence-electron chi connectivity index (χ3n) is 6.23. The van der Waals surface area contributed by atoms with Gasteiger partial charge in [0.25, 0.3) is 17.4 Å². The van der Waals surface area contributed by atoms with E-state index in [1.807, 2.05) is 13.8 Å². The van der Waals surface area contributed by atoms with Crippen molar-refractivity contribution in [3.05, 3.63) is 58.3 Å². The molecule has 0 bridgehead atoms. The summed E-state index contributed by atoms with van der Waals surface area (Å²) < 4.78 is 0. The Labute approximate surface area is 203 Å². The fourth-order valence-electron chi connectivity index (χ4n) is 3.63. The summed E-state index contributed by atoms with van der Waals surface area (Å²) in [4.78, 5) is 69.0. The minimum atomic E-state index is -1.26. The summed E-state index contributed by atoms with van der Waals surface area (Å²) in [6, 6.07) is 4.22. The van der Waals surface area contributed by atoms with E-state index in [0.29, 0.717) is 24.6 Å². The lowest BCUT2D eigenvalue weighted by Crippen LogP contribution is -2.55. The third kappa shape index (κ3) is 7.66. The van der Waals surface area contributed by atoms with Crippen LogP contribution in [0.4, 0.5) is 0 Å². The first-order valence-electron chi connectivity index (χ1n) is 12.0. The van der Waals surface area contributed by atoms with Crippen LogP contribution in [0.2, 0.25) is 0 Å². The lowest BCUT2D eigenvalue weighted by molar-refractivity contribution is -0.140. The number of nitrogens with one attached hydrogen (secondary N) is 5. The molecular weight excluding hydrogens is 450 g/mol. The van der Waals surface area contributed by atoms with Gasteiger partial charge in [-0.1, -0.05) is 26.3 Å². The zero-order chi connectivity index (χ0) is 25.4. The van der Waals surface area contributed by atoms with Gasteiger partial charge in [-0.15, -0.1) is 0 Å². The van der Waals surface area contributed by atoms with E-state index in [-0.39, 0.29) is 17.9 Å². The molecular formula is C25H33N5O5. The van der Waals surface area contributed by atoms with Gasteiger partial charge in [0.15, 0.2) is 0 Å². The first-order chi connectivity index (χ1) is 16.8. The molecule has 35 heavy (non-hydrogen) atoms. The molecule has 3 unspecified atom stereocenters. The summed E-state index contributed by atoms with van der Waals surface area (Å²) >= 11 is 0. The number of pyridine rings is 1. The van der Waals surface area contributed by atoms with Gasteiger partial charge >= 0.3 is 0 Å². The van der Waals surface area contributed by atoms with Crippen molar-refractivity contribution in [3.63, 3.8) is 0 Å². The number of H-pyrrole nitrogens is 2. The Morgan fingerprint density at radius 2 is 1.74 bits per heavy atom. The van der Waals surface area contributed by atoms with Gasteiger partial charge in [-0.25, -0.2) is 0 Å². The summed E-state index contributed by atoms with van der Waals surface area (Å²) in [5.41, 5.74) is 0.152. The minimum absolute atomic E-state index is 0.114. The maximum absolute atomic E-state index is 13.3. The van der Waals surface area contributed by atoms with Crippen molar-refractivity contribution in [1.29, 1.82) is 0 Å². The Hall–Kier alpha value is -3.69. The maximum atomic E-state index is 13.3. The molecule has 0 spiro atoms. The standard InChI is InChI=1S/C25H33N5O5/c1-3-15(2)12-20(30-23(33)18-7-5-10-26-18)24(34)29-19(13-17-6-4-11-27-22(17)32)21(31)25(35)28-14-16-8-9-16/h4-7,10-11,15-16,19-20,26H,3,8-9,12-14H2,1-2H3,(H,27,32)(H,28,35)(H,29,34)(H,30,33). The molecule has 0 saturated heterocycles. The van der Waals surface area contributed by atoms with Gasteiger partial charge < -0.3 is 25.9 Å². The number of hydrogen-bond acceptors (Lipinski definition) is 5. The Balaban J connectivity index is 1.78. The molecule has 3 rings (SSSR count). The third-order valence-corrected chi connectivity index (χ3v) is 6.23. The van der Waals surface area contributed by atoms with E-state index in [1.54, 1.807) is 24.4 Å². The van der Waals surface area contributed by atoms with Crippen LogP contribution in [0.3, 0.4) is 0 Å². The van der Waals surface area contributed by atoms with Crippen LogP contribution in [0.1, 0.15) is 55.6 Å². The SMILES string of the molecule is CCC(C)CC(NC(=O)c1ccc[nH]1)C(=O)NC(Cc1ccc[nH]c1=O)C(=O)C(=O)NCC1CC1. The Kier molecular flexibility index (Phi) is 8.99. The van der Waals surface area contributed by atoms with E-state index < -0.39 is 41.1 Å². The van der Waals surface area contributed by atoms with Crippen molar-refractivity contribution in [1.82, 2.24) is 25.9 Å². The number of hydrogen-bond donors (Lipinski definition) is 5. The normalized spacial score (nSPS) is 15.5. The van der Waals surface area contributed by atoms with E-state index in [1.165, 1.54) is 12.3 Å². The molecule has 1 aliphatic carbocycles. The van der Waals surface area contributed by atoms with Crippen LogP contribution < -0.4 is 21.5 Å². The summed E-state index contributed by atoms with van der Waals surface area (Å²) in [6.45, 7) is 4.34. The van der Waals surface area contributed by atoms with Crippen molar-refractivity contribution in [2.45, 2.75) is 58.0 Å². The second-order valence-corrected chi connectivity index (χ2v) is 9.17. The van der Waals surface area contributed by atoms with Gasteiger partial charge in [0.05, 0.1) is 0 Å². The number of aromatic nitrogens is 2. The molecule has 1 aliphatic rings. The molecule has 1 saturated carbocycles. The molecule has 3 atom stereocenters. The van der Waals surface area contributed by atoms with Gasteiger partial charge in [-0.2, -0.15) is 0 Å². The molecule has 188 valence electrons. The topological polar surface area (TPSA) is 153 Å². The van der Waals surface area contributed by atoms with Gasteiger partial charge in [0.2, 0.25) is 11.7 Å². The van der Waals surface area contributed by atoms with Crippen LogP contribution in [0.15, 0.2) is 41.5 Å². The molecule has 0 radical (unpaired) electrons. The largest absolute Gasteiger partial charge is 0.357 e. The molecule has 0 aromatic carbocycles. The number of ketones is 1. The number of Topliss-reactive ketones (excluding diaryl/α,β-unsaturated/α-hetero) is 1. The zero-order valence-corrected chi connectivity index (χ0v) is 20.1. The van der Waals surface area contributed by atoms with Gasteiger partial charge in [0.1, 0.15) is 17.8 Å². The predicted octanol–water partition coefficient (Wildman–Crippen LogP) is 1.06.